The number of hydrogen-bond donors (Lipinski definition) is 0. The Balaban J connectivity index is 1.42. The molecule has 6 nitrogen and oxygen atoms in total. The van der Waals surface area contributed by atoms with Crippen LogP contribution in [0.4, 0.5) is 0 Å². The minimum atomic E-state index is 0.456. The number of halogens is 1. The Hall–Kier alpha value is -2.45. The van der Waals surface area contributed by atoms with Crippen LogP contribution < -0.4 is 0 Å². The van der Waals surface area contributed by atoms with Crippen LogP contribution in [0.1, 0.15) is 11.5 Å². The van der Waals surface area contributed by atoms with Gasteiger partial charge in [0, 0.05) is 15.6 Å². The van der Waals surface area contributed by atoms with Gasteiger partial charge >= 0.3 is 0 Å². The fourth-order valence-electron chi connectivity index (χ4n) is 2.24. The molecule has 2 aromatic heterocycles. The lowest BCUT2D eigenvalue weighted by molar-refractivity contribution is 0.340. The Labute approximate surface area is 162 Å². The van der Waals surface area contributed by atoms with Crippen molar-refractivity contribution in [2.24, 2.45) is 0 Å². The topological polar surface area (TPSA) is 77.8 Å². The number of thioether (sulfide) groups is 1. The SMILES string of the molecule is Cc1ccc(-c2noc(CSc3nc(-c4ccc(Br)cc4)no3)n2)cc1. The van der Waals surface area contributed by atoms with Crippen LogP contribution in [0.2, 0.25) is 0 Å². The van der Waals surface area contributed by atoms with Gasteiger partial charge in [0.15, 0.2) is 0 Å². The zero-order chi connectivity index (χ0) is 17.9. The molecule has 0 aliphatic rings. The van der Waals surface area contributed by atoms with Gasteiger partial charge in [0.1, 0.15) is 0 Å². The Bertz CT molecular complexity index is 929. The summed E-state index contributed by atoms with van der Waals surface area (Å²) in [6.07, 6.45) is 0. The monoisotopic (exact) mass is 428 g/mol. The lowest BCUT2D eigenvalue weighted by Gasteiger charge is -1.94. The number of nitrogens with zero attached hydrogens (tertiary/aromatic N) is 4. The van der Waals surface area contributed by atoms with Crippen molar-refractivity contribution >= 4 is 27.7 Å². The predicted molar refractivity (Wildman–Crippen MR) is 101 cm³/mol. The first-order valence-corrected chi connectivity index (χ1v) is 9.57. The molecule has 130 valence electrons. The highest BCUT2D eigenvalue weighted by Crippen LogP contribution is 2.25. The van der Waals surface area contributed by atoms with Crippen molar-refractivity contribution in [3.8, 4) is 22.8 Å². The Morgan fingerprint density at radius 3 is 2.19 bits per heavy atom. The molecule has 0 fully saturated rings. The van der Waals surface area contributed by atoms with E-state index in [4.69, 9.17) is 9.05 Å². The van der Waals surface area contributed by atoms with Gasteiger partial charge in [0.25, 0.3) is 5.22 Å². The van der Waals surface area contributed by atoms with E-state index in [1.165, 1.54) is 17.3 Å². The molecule has 2 aromatic carbocycles. The van der Waals surface area contributed by atoms with E-state index in [-0.39, 0.29) is 0 Å². The molecule has 0 N–H and O–H groups in total. The van der Waals surface area contributed by atoms with E-state index in [0.717, 1.165) is 15.6 Å². The summed E-state index contributed by atoms with van der Waals surface area (Å²) in [6, 6.07) is 15.7. The van der Waals surface area contributed by atoms with Crippen LogP contribution in [0.5, 0.6) is 0 Å². The first kappa shape index (κ1) is 17.0. The standard InChI is InChI=1S/C18H13BrN4O2S/c1-11-2-4-12(5-3-11)16-20-15(24-22-16)10-26-18-21-17(23-25-18)13-6-8-14(19)9-7-13/h2-9H,10H2,1H3. The second kappa shape index (κ2) is 7.43. The molecule has 4 aromatic rings. The van der Waals surface area contributed by atoms with E-state index in [9.17, 15) is 0 Å². The molecule has 8 heteroatoms. The first-order chi connectivity index (χ1) is 12.7. The highest BCUT2D eigenvalue weighted by atomic mass is 79.9. The molecule has 0 bridgehead atoms. The molecule has 0 amide bonds. The summed E-state index contributed by atoms with van der Waals surface area (Å²) in [5.74, 6) is 2.09. The molecule has 0 aliphatic heterocycles. The van der Waals surface area contributed by atoms with Crippen LogP contribution in [0.15, 0.2) is 67.3 Å². The third-order valence-corrected chi connectivity index (χ3v) is 4.94. The minimum Gasteiger partial charge on any atom is -0.338 e. The Morgan fingerprint density at radius 1 is 0.846 bits per heavy atom. The number of aromatic nitrogens is 4. The maximum atomic E-state index is 5.30. The molecule has 0 radical (unpaired) electrons. The summed E-state index contributed by atoms with van der Waals surface area (Å²) in [5.41, 5.74) is 3.00. The normalized spacial score (nSPS) is 11.0. The molecule has 0 saturated carbocycles. The molecular formula is C18H13BrN4O2S. The predicted octanol–water partition coefficient (Wildman–Crippen LogP) is 5.15. The van der Waals surface area contributed by atoms with Gasteiger partial charge in [-0.3, -0.25) is 0 Å². The molecule has 26 heavy (non-hydrogen) atoms. The van der Waals surface area contributed by atoms with Crippen molar-refractivity contribution in [1.82, 2.24) is 20.3 Å². The first-order valence-electron chi connectivity index (χ1n) is 7.79. The summed E-state index contributed by atoms with van der Waals surface area (Å²) in [6.45, 7) is 2.04. The molecule has 0 saturated heterocycles. The lowest BCUT2D eigenvalue weighted by atomic mass is 10.1. The van der Waals surface area contributed by atoms with Gasteiger partial charge in [-0.1, -0.05) is 67.8 Å². The summed E-state index contributed by atoms with van der Waals surface area (Å²) in [7, 11) is 0. The number of aryl methyl sites for hydroxylation is 1. The van der Waals surface area contributed by atoms with E-state index >= 15 is 0 Å². The highest BCUT2D eigenvalue weighted by molar-refractivity contribution is 9.10. The zero-order valence-corrected chi connectivity index (χ0v) is 16.1. The Kier molecular flexibility index (Phi) is 4.85. The smallest absolute Gasteiger partial charge is 0.286 e. The minimum absolute atomic E-state index is 0.456. The van der Waals surface area contributed by atoms with Gasteiger partial charge in [-0.25, -0.2) is 0 Å². The van der Waals surface area contributed by atoms with Gasteiger partial charge in [-0.05, 0) is 31.2 Å². The van der Waals surface area contributed by atoms with Crippen molar-refractivity contribution < 1.29 is 9.05 Å². The number of rotatable bonds is 5. The average molecular weight is 429 g/mol. The van der Waals surface area contributed by atoms with E-state index in [1.807, 2.05) is 55.5 Å². The number of hydrogen-bond acceptors (Lipinski definition) is 7. The zero-order valence-electron chi connectivity index (χ0n) is 13.7. The second-order valence-corrected chi connectivity index (χ2v) is 7.40. The van der Waals surface area contributed by atoms with Gasteiger partial charge in [-0.2, -0.15) is 9.97 Å². The molecule has 0 unspecified atom stereocenters. The van der Waals surface area contributed by atoms with Crippen molar-refractivity contribution in [1.29, 1.82) is 0 Å². The highest BCUT2D eigenvalue weighted by Gasteiger charge is 2.13. The third-order valence-electron chi connectivity index (χ3n) is 3.61. The maximum absolute atomic E-state index is 5.30. The van der Waals surface area contributed by atoms with E-state index in [0.29, 0.717) is 28.5 Å². The molecule has 0 spiro atoms. The van der Waals surface area contributed by atoms with Crippen molar-refractivity contribution in [2.45, 2.75) is 17.9 Å². The van der Waals surface area contributed by atoms with Gasteiger partial charge < -0.3 is 9.05 Å². The summed E-state index contributed by atoms with van der Waals surface area (Å²) < 4.78 is 11.6. The summed E-state index contributed by atoms with van der Waals surface area (Å²) in [5, 5.41) is 8.48. The third kappa shape index (κ3) is 3.86. The van der Waals surface area contributed by atoms with E-state index in [1.54, 1.807) is 0 Å². The van der Waals surface area contributed by atoms with E-state index in [2.05, 4.69) is 36.2 Å². The van der Waals surface area contributed by atoms with Gasteiger partial charge in [0.05, 0.1) is 5.75 Å². The van der Waals surface area contributed by atoms with Crippen molar-refractivity contribution in [3.05, 3.63) is 64.5 Å². The van der Waals surface area contributed by atoms with Crippen LogP contribution in [0.25, 0.3) is 22.8 Å². The fraction of sp³-hybridized carbons (Fsp3) is 0.111. The quantitative estimate of drug-likeness (QED) is 0.406. The van der Waals surface area contributed by atoms with Crippen molar-refractivity contribution in [3.63, 3.8) is 0 Å². The summed E-state index contributed by atoms with van der Waals surface area (Å²) >= 11 is 4.76. The van der Waals surface area contributed by atoms with Gasteiger partial charge in [-0.15, -0.1) is 0 Å². The summed E-state index contributed by atoms with van der Waals surface area (Å²) in [4.78, 5) is 8.79. The molecule has 0 aliphatic carbocycles. The average Bonchev–Trinajstić information content (AvgIpc) is 3.31. The second-order valence-electron chi connectivity index (χ2n) is 5.56. The van der Waals surface area contributed by atoms with Crippen LogP contribution in [-0.4, -0.2) is 20.3 Å². The van der Waals surface area contributed by atoms with Crippen LogP contribution in [0, 0.1) is 6.92 Å². The van der Waals surface area contributed by atoms with Crippen LogP contribution in [-0.2, 0) is 5.75 Å². The Morgan fingerprint density at radius 2 is 1.46 bits per heavy atom. The maximum Gasteiger partial charge on any atom is 0.286 e. The van der Waals surface area contributed by atoms with Gasteiger partial charge in [0.2, 0.25) is 17.5 Å². The fourth-order valence-corrected chi connectivity index (χ4v) is 3.11. The lowest BCUT2D eigenvalue weighted by Crippen LogP contribution is -1.84. The molecular weight excluding hydrogens is 416 g/mol. The molecule has 2 heterocycles. The molecule has 4 rings (SSSR count). The van der Waals surface area contributed by atoms with Crippen molar-refractivity contribution in [2.75, 3.05) is 0 Å². The largest absolute Gasteiger partial charge is 0.338 e. The van der Waals surface area contributed by atoms with Crippen LogP contribution >= 0.6 is 27.7 Å². The molecule has 0 atom stereocenters. The van der Waals surface area contributed by atoms with Crippen LogP contribution in [0.3, 0.4) is 0 Å². The number of benzene rings is 2. The van der Waals surface area contributed by atoms with E-state index < -0.39 is 0 Å².